The van der Waals surface area contributed by atoms with E-state index in [0.717, 1.165) is 12.0 Å². The molecule has 118 valence electrons. The van der Waals surface area contributed by atoms with Gasteiger partial charge in [0, 0.05) is 24.2 Å². The normalized spacial score (nSPS) is 10.9. The summed E-state index contributed by atoms with van der Waals surface area (Å²) in [6.45, 7) is 0.451. The zero-order valence-electron chi connectivity index (χ0n) is 12.0. The maximum Gasteiger partial charge on any atom is 0.314 e. The molecule has 7 heteroatoms. The average molecular weight is 317 g/mol. The van der Waals surface area contributed by atoms with Crippen molar-refractivity contribution in [1.82, 2.24) is 15.2 Å². The molecule has 0 aliphatic carbocycles. The van der Waals surface area contributed by atoms with Crippen molar-refractivity contribution >= 4 is 0 Å². The van der Waals surface area contributed by atoms with Crippen LogP contribution in [0.2, 0.25) is 0 Å². The first-order valence-corrected chi connectivity index (χ1v) is 6.97. The molecule has 0 N–H and O–H groups in total. The second kappa shape index (κ2) is 6.95. The Labute approximate surface area is 131 Å². The molecule has 0 fully saturated rings. The molecular formula is C16H13F2N3O2. The Balaban J connectivity index is 1.65. The second-order valence-electron chi connectivity index (χ2n) is 4.71. The quantitative estimate of drug-likeness (QED) is 0.694. The summed E-state index contributed by atoms with van der Waals surface area (Å²) < 4.78 is 35.4. The van der Waals surface area contributed by atoms with Gasteiger partial charge in [0.25, 0.3) is 5.89 Å². The van der Waals surface area contributed by atoms with Crippen LogP contribution in [0, 0.1) is 0 Å². The van der Waals surface area contributed by atoms with E-state index in [1.165, 1.54) is 6.20 Å². The summed E-state index contributed by atoms with van der Waals surface area (Å²) >= 11 is 0. The van der Waals surface area contributed by atoms with Gasteiger partial charge in [-0.1, -0.05) is 30.3 Å². The number of rotatable bonds is 6. The van der Waals surface area contributed by atoms with Gasteiger partial charge in [0.05, 0.1) is 6.61 Å². The van der Waals surface area contributed by atoms with E-state index >= 15 is 0 Å². The molecule has 1 aromatic carbocycles. The molecule has 3 aromatic rings. The molecule has 5 nitrogen and oxygen atoms in total. The first kappa shape index (κ1) is 15.1. The third-order valence-corrected chi connectivity index (χ3v) is 3.09. The van der Waals surface area contributed by atoms with E-state index in [0.29, 0.717) is 18.1 Å². The fourth-order valence-electron chi connectivity index (χ4n) is 1.98. The van der Waals surface area contributed by atoms with E-state index in [1.54, 1.807) is 12.1 Å². The highest BCUT2D eigenvalue weighted by atomic mass is 19.3. The van der Waals surface area contributed by atoms with E-state index in [4.69, 9.17) is 9.15 Å². The highest BCUT2D eigenvalue weighted by molar-refractivity contribution is 5.53. The maximum absolute atomic E-state index is 12.5. The molecule has 0 saturated carbocycles. The monoisotopic (exact) mass is 317 g/mol. The van der Waals surface area contributed by atoms with Crippen molar-refractivity contribution in [3.8, 4) is 17.3 Å². The van der Waals surface area contributed by atoms with Crippen LogP contribution in [-0.2, 0) is 6.42 Å². The standard InChI is InChI=1S/C16H13F2N3O2/c17-14(18)16-21-20-15(23-16)12-6-8-19-13(10-12)22-9-7-11-4-2-1-3-5-11/h1-6,8,10,14H,7,9H2. The minimum Gasteiger partial charge on any atom is -0.477 e. The van der Waals surface area contributed by atoms with Crippen molar-refractivity contribution in [2.45, 2.75) is 12.8 Å². The predicted molar refractivity (Wildman–Crippen MR) is 78.1 cm³/mol. The van der Waals surface area contributed by atoms with Crippen molar-refractivity contribution in [3.05, 3.63) is 60.1 Å². The lowest BCUT2D eigenvalue weighted by Crippen LogP contribution is -2.02. The molecule has 0 atom stereocenters. The third kappa shape index (κ3) is 3.88. The smallest absolute Gasteiger partial charge is 0.314 e. The number of ether oxygens (including phenoxy) is 1. The van der Waals surface area contributed by atoms with Crippen LogP contribution in [-0.4, -0.2) is 21.8 Å². The maximum atomic E-state index is 12.5. The van der Waals surface area contributed by atoms with Gasteiger partial charge in [-0.15, -0.1) is 10.2 Å². The Morgan fingerprint density at radius 3 is 2.65 bits per heavy atom. The number of hydrogen-bond donors (Lipinski definition) is 0. The minimum atomic E-state index is -2.79. The Morgan fingerprint density at radius 2 is 1.91 bits per heavy atom. The number of aromatic nitrogens is 3. The zero-order chi connectivity index (χ0) is 16.1. The van der Waals surface area contributed by atoms with Crippen LogP contribution in [0.4, 0.5) is 8.78 Å². The fourth-order valence-corrected chi connectivity index (χ4v) is 1.98. The van der Waals surface area contributed by atoms with E-state index in [1.807, 2.05) is 30.3 Å². The number of benzene rings is 1. The molecule has 0 aliphatic heterocycles. The van der Waals surface area contributed by atoms with Crippen molar-refractivity contribution in [3.63, 3.8) is 0 Å². The topological polar surface area (TPSA) is 61.0 Å². The van der Waals surface area contributed by atoms with Crippen LogP contribution in [0.15, 0.2) is 53.1 Å². The van der Waals surface area contributed by atoms with Crippen LogP contribution >= 0.6 is 0 Å². The summed E-state index contributed by atoms with van der Waals surface area (Å²) in [5.41, 5.74) is 1.64. The van der Waals surface area contributed by atoms with Gasteiger partial charge in [0.15, 0.2) is 0 Å². The van der Waals surface area contributed by atoms with Gasteiger partial charge in [0.1, 0.15) is 0 Å². The van der Waals surface area contributed by atoms with Crippen LogP contribution < -0.4 is 4.74 Å². The van der Waals surface area contributed by atoms with Gasteiger partial charge in [-0.25, -0.2) is 4.98 Å². The van der Waals surface area contributed by atoms with Crippen molar-refractivity contribution in [2.75, 3.05) is 6.61 Å². The predicted octanol–water partition coefficient (Wildman–Crippen LogP) is 3.69. The summed E-state index contributed by atoms with van der Waals surface area (Å²) in [7, 11) is 0. The van der Waals surface area contributed by atoms with Gasteiger partial charge in [-0.2, -0.15) is 8.78 Å². The van der Waals surface area contributed by atoms with E-state index < -0.39 is 12.3 Å². The van der Waals surface area contributed by atoms with Gasteiger partial charge < -0.3 is 9.15 Å². The summed E-state index contributed by atoms with van der Waals surface area (Å²) in [6.07, 6.45) is -0.554. The highest BCUT2D eigenvalue weighted by Gasteiger charge is 2.17. The molecule has 0 saturated heterocycles. The molecule has 0 unspecified atom stereocenters. The molecule has 0 amide bonds. The number of nitrogens with zero attached hydrogens (tertiary/aromatic N) is 3. The van der Waals surface area contributed by atoms with E-state index in [-0.39, 0.29) is 5.89 Å². The molecule has 2 heterocycles. The lowest BCUT2D eigenvalue weighted by molar-refractivity contribution is 0.116. The number of pyridine rings is 1. The fraction of sp³-hybridized carbons (Fsp3) is 0.188. The van der Waals surface area contributed by atoms with Crippen molar-refractivity contribution < 1.29 is 17.9 Å². The van der Waals surface area contributed by atoms with Crippen LogP contribution in [0.25, 0.3) is 11.5 Å². The largest absolute Gasteiger partial charge is 0.477 e. The number of halogens is 2. The van der Waals surface area contributed by atoms with Gasteiger partial charge >= 0.3 is 6.43 Å². The minimum absolute atomic E-state index is 0.00982. The molecule has 23 heavy (non-hydrogen) atoms. The first-order valence-electron chi connectivity index (χ1n) is 6.97. The van der Waals surface area contributed by atoms with Crippen LogP contribution in [0.5, 0.6) is 5.88 Å². The Bertz CT molecular complexity index is 763. The van der Waals surface area contributed by atoms with Crippen molar-refractivity contribution in [2.24, 2.45) is 0 Å². The summed E-state index contributed by atoms with van der Waals surface area (Å²) in [5.74, 6) is -0.325. The van der Waals surface area contributed by atoms with Crippen LogP contribution in [0.1, 0.15) is 17.9 Å². The second-order valence-corrected chi connectivity index (χ2v) is 4.71. The highest BCUT2D eigenvalue weighted by Crippen LogP contribution is 2.24. The van der Waals surface area contributed by atoms with E-state index in [9.17, 15) is 8.78 Å². The molecule has 2 aromatic heterocycles. The van der Waals surface area contributed by atoms with Crippen molar-refractivity contribution in [1.29, 1.82) is 0 Å². The first-order chi connectivity index (χ1) is 11.2. The zero-order valence-corrected chi connectivity index (χ0v) is 12.0. The summed E-state index contributed by atoms with van der Waals surface area (Å²) in [5, 5.41) is 6.89. The molecular weight excluding hydrogens is 304 g/mol. The number of alkyl halides is 2. The molecule has 3 rings (SSSR count). The van der Waals surface area contributed by atoms with Crippen LogP contribution in [0.3, 0.4) is 0 Å². The van der Waals surface area contributed by atoms with Gasteiger partial charge in [-0.05, 0) is 11.6 Å². The summed E-state index contributed by atoms with van der Waals surface area (Å²) in [4.78, 5) is 4.08. The molecule has 0 aliphatic rings. The third-order valence-electron chi connectivity index (χ3n) is 3.09. The van der Waals surface area contributed by atoms with Gasteiger partial charge in [0.2, 0.25) is 11.8 Å². The Hall–Kier alpha value is -2.83. The average Bonchev–Trinajstić information content (AvgIpc) is 3.07. The SMILES string of the molecule is FC(F)c1nnc(-c2ccnc(OCCc3ccccc3)c2)o1. The molecule has 0 radical (unpaired) electrons. The molecule has 0 bridgehead atoms. The Morgan fingerprint density at radius 1 is 1.09 bits per heavy atom. The van der Waals surface area contributed by atoms with Gasteiger partial charge in [-0.3, -0.25) is 0 Å². The number of hydrogen-bond acceptors (Lipinski definition) is 5. The molecule has 0 spiro atoms. The lowest BCUT2D eigenvalue weighted by atomic mass is 10.2. The lowest BCUT2D eigenvalue weighted by Gasteiger charge is -2.06. The Kier molecular flexibility index (Phi) is 4.56. The van der Waals surface area contributed by atoms with E-state index in [2.05, 4.69) is 15.2 Å². The summed E-state index contributed by atoms with van der Waals surface area (Å²) in [6, 6.07) is 13.1.